The fourth-order valence-corrected chi connectivity index (χ4v) is 3.65. The van der Waals surface area contributed by atoms with E-state index in [-0.39, 0.29) is 39.7 Å². The SMILES string of the molecule is COc1cccc(Oc2c(C(F)(F)F)oc3cc(OC(=O)c4cc(OC)c(OC)c(OC)c4)ccc3c2=O)c1. The Bertz CT molecular complexity index is 1570. The largest absolute Gasteiger partial charge is 0.497 e. The number of hydrogen-bond acceptors (Lipinski definition) is 9. The van der Waals surface area contributed by atoms with Crippen molar-refractivity contribution in [1.82, 2.24) is 0 Å². The Labute approximate surface area is 219 Å². The highest BCUT2D eigenvalue weighted by atomic mass is 19.4. The van der Waals surface area contributed by atoms with Crippen LogP contribution in [0.2, 0.25) is 0 Å². The van der Waals surface area contributed by atoms with Crippen LogP contribution in [-0.2, 0) is 6.18 Å². The smallest absolute Gasteiger partial charge is 0.453 e. The third-order valence-electron chi connectivity index (χ3n) is 5.45. The lowest BCUT2D eigenvalue weighted by molar-refractivity contribution is -0.154. The van der Waals surface area contributed by atoms with Gasteiger partial charge < -0.3 is 32.8 Å². The number of hydrogen-bond donors (Lipinski definition) is 0. The van der Waals surface area contributed by atoms with E-state index >= 15 is 0 Å². The molecule has 9 nitrogen and oxygen atoms in total. The van der Waals surface area contributed by atoms with E-state index in [1.54, 1.807) is 6.07 Å². The molecule has 0 amide bonds. The van der Waals surface area contributed by atoms with E-state index in [4.69, 9.17) is 32.8 Å². The maximum Gasteiger partial charge on any atom is 0.453 e. The second kappa shape index (κ2) is 10.9. The first-order valence-electron chi connectivity index (χ1n) is 11.1. The molecule has 12 heteroatoms. The van der Waals surface area contributed by atoms with Crippen LogP contribution in [0.4, 0.5) is 13.2 Å². The summed E-state index contributed by atoms with van der Waals surface area (Å²) in [6.45, 7) is 0. The Morgan fingerprint density at radius 2 is 1.44 bits per heavy atom. The third-order valence-corrected chi connectivity index (χ3v) is 5.45. The zero-order valence-corrected chi connectivity index (χ0v) is 21.0. The molecule has 0 fully saturated rings. The second-order valence-electron chi connectivity index (χ2n) is 7.83. The second-order valence-corrected chi connectivity index (χ2v) is 7.83. The molecular weight excluding hydrogens is 525 g/mol. The van der Waals surface area contributed by atoms with Crippen molar-refractivity contribution < 1.29 is 50.8 Å². The van der Waals surface area contributed by atoms with Gasteiger partial charge in [-0.05, 0) is 36.4 Å². The Morgan fingerprint density at radius 3 is 2.03 bits per heavy atom. The zero-order chi connectivity index (χ0) is 28.3. The molecule has 0 unspecified atom stereocenters. The Morgan fingerprint density at radius 1 is 0.769 bits per heavy atom. The minimum absolute atomic E-state index is 0.00377. The molecule has 0 aliphatic carbocycles. The summed E-state index contributed by atoms with van der Waals surface area (Å²) in [5, 5.41) is -0.228. The van der Waals surface area contributed by atoms with Crippen molar-refractivity contribution in [3.63, 3.8) is 0 Å². The predicted octanol–water partition coefficient (Wildman–Crippen LogP) is 5.86. The number of carbonyl (C=O) groups excluding carboxylic acids is 1. The number of methoxy groups -OCH3 is 4. The monoisotopic (exact) mass is 546 g/mol. The molecule has 0 spiro atoms. The van der Waals surface area contributed by atoms with Gasteiger partial charge in [-0.1, -0.05) is 6.07 Å². The van der Waals surface area contributed by atoms with Crippen LogP contribution in [0.25, 0.3) is 11.0 Å². The molecule has 1 aromatic heterocycles. The number of rotatable bonds is 8. The molecule has 0 N–H and O–H groups in total. The predicted molar refractivity (Wildman–Crippen MR) is 132 cm³/mol. The highest BCUT2D eigenvalue weighted by Crippen LogP contribution is 2.40. The summed E-state index contributed by atoms with van der Waals surface area (Å²) in [5.41, 5.74) is -1.54. The zero-order valence-electron chi connectivity index (χ0n) is 21.0. The normalized spacial score (nSPS) is 11.2. The first-order chi connectivity index (χ1) is 18.6. The summed E-state index contributed by atoms with van der Waals surface area (Å²) >= 11 is 0. The summed E-state index contributed by atoms with van der Waals surface area (Å²) < 4.78 is 78.0. The molecule has 0 saturated carbocycles. The average molecular weight is 546 g/mol. The molecule has 3 aromatic carbocycles. The molecule has 0 aliphatic rings. The number of alkyl halides is 3. The van der Waals surface area contributed by atoms with E-state index in [0.717, 1.165) is 12.1 Å². The van der Waals surface area contributed by atoms with Crippen molar-refractivity contribution in [3.8, 4) is 40.2 Å². The van der Waals surface area contributed by atoms with Gasteiger partial charge in [-0.15, -0.1) is 0 Å². The van der Waals surface area contributed by atoms with E-state index in [1.165, 1.54) is 64.8 Å². The van der Waals surface area contributed by atoms with Crippen molar-refractivity contribution in [3.05, 3.63) is 76.1 Å². The highest BCUT2D eigenvalue weighted by Gasteiger charge is 2.40. The molecule has 0 aliphatic heterocycles. The van der Waals surface area contributed by atoms with Gasteiger partial charge in [-0.3, -0.25) is 4.79 Å². The van der Waals surface area contributed by atoms with E-state index < -0.39 is 34.7 Å². The van der Waals surface area contributed by atoms with Gasteiger partial charge in [0.2, 0.25) is 16.9 Å². The summed E-state index contributed by atoms with van der Waals surface area (Å²) in [5.74, 6) is -2.91. The van der Waals surface area contributed by atoms with Gasteiger partial charge in [0.25, 0.3) is 5.76 Å². The van der Waals surface area contributed by atoms with Gasteiger partial charge in [-0.2, -0.15) is 13.2 Å². The van der Waals surface area contributed by atoms with Crippen molar-refractivity contribution in [2.75, 3.05) is 28.4 Å². The van der Waals surface area contributed by atoms with Crippen LogP contribution in [0.5, 0.6) is 40.2 Å². The Hall–Kier alpha value is -4.87. The summed E-state index contributed by atoms with van der Waals surface area (Å²) in [6.07, 6.45) is -5.08. The minimum atomic E-state index is -5.08. The lowest BCUT2D eigenvalue weighted by Gasteiger charge is -2.15. The lowest BCUT2D eigenvalue weighted by atomic mass is 10.1. The molecule has 0 atom stereocenters. The fraction of sp³-hybridized carbons (Fsp3) is 0.185. The van der Waals surface area contributed by atoms with Crippen molar-refractivity contribution in [1.29, 1.82) is 0 Å². The number of carbonyl (C=O) groups is 1. The van der Waals surface area contributed by atoms with Crippen molar-refractivity contribution >= 4 is 16.9 Å². The maximum atomic E-state index is 13.9. The molecule has 4 aromatic rings. The molecule has 0 bridgehead atoms. The standard InChI is InChI=1S/C27H21F3O9/c1-33-15-6-5-7-16(12-15)37-24-22(31)18-9-8-17(13-19(18)39-25(24)27(28,29)30)38-26(32)14-10-20(34-2)23(36-4)21(11-14)35-3/h5-13H,1-4H3. The maximum absolute atomic E-state index is 13.9. The van der Waals surface area contributed by atoms with Crippen molar-refractivity contribution in [2.24, 2.45) is 0 Å². The number of halogens is 3. The van der Waals surface area contributed by atoms with Crippen LogP contribution >= 0.6 is 0 Å². The van der Waals surface area contributed by atoms with E-state index in [0.29, 0.717) is 5.75 Å². The minimum Gasteiger partial charge on any atom is -0.497 e. The average Bonchev–Trinajstić information content (AvgIpc) is 2.92. The van der Waals surface area contributed by atoms with Crippen LogP contribution in [-0.4, -0.2) is 34.4 Å². The van der Waals surface area contributed by atoms with Gasteiger partial charge in [0.05, 0.1) is 39.4 Å². The third kappa shape index (κ3) is 5.54. The molecule has 1 heterocycles. The Kier molecular flexibility index (Phi) is 7.56. The fourth-order valence-electron chi connectivity index (χ4n) is 3.65. The highest BCUT2D eigenvalue weighted by molar-refractivity contribution is 5.93. The van der Waals surface area contributed by atoms with Gasteiger partial charge in [0.15, 0.2) is 11.5 Å². The summed E-state index contributed by atoms with van der Waals surface area (Å²) in [7, 11) is 5.49. The topological polar surface area (TPSA) is 103 Å². The first-order valence-corrected chi connectivity index (χ1v) is 11.1. The number of ether oxygens (including phenoxy) is 6. The van der Waals surface area contributed by atoms with Crippen LogP contribution in [0, 0.1) is 0 Å². The number of esters is 1. The molecule has 204 valence electrons. The van der Waals surface area contributed by atoms with Crippen LogP contribution in [0.15, 0.2) is 63.8 Å². The van der Waals surface area contributed by atoms with Crippen LogP contribution < -0.4 is 33.8 Å². The van der Waals surface area contributed by atoms with E-state index in [2.05, 4.69) is 0 Å². The first kappa shape index (κ1) is 27.2. The summed E-state index contributed by atoms with van der Waals surface area (Å²) in [6, 6.07) is 11.8. The van der Waals surface area contributed by atoms with Gasteiger partial charge in [0.1, 0.15) is 22.8 Å². The molecule has 0 radical (unpaired) electrons. The summed E-state index contributed by atoms with van der Waals surface area (Å²) in [4.78, 5) is 25.9. The molecular formula is C27H21F3O9. The number of benzene rings is 3. The molecule has 4 rings (SSSR count). The van der Waals surface area contributed by atoms with Crippen LogP contribution in [0.1, 0.15) is 16.1 Å². The number of fused-ring (bicyclic) bond motifs is 1. The van der Waals surface area contributed by atoms with Gasteiger partial charge >= 0.3 is 12.1 Å². The molecule has 39 heavy (non-hydrogen) atoms. The Balaban J connectivity index is 1.73. The quantitative estimate of drug-likeness (QED) is 0.199. The van der Waals surface area contributed by atoms with E-state index in [1.807, 2.05) is 0 Å². The van der Waals surface area contributed by atoms with E-state index in [9.17, 15) is 22.8 Å². The van der Waals surface area contributed by atoms with Crippen molar-refractivity contribution in [2.45, 2.75) is 6.18 Å². The van der Waals surface area contributed by atoms with Crippen LogP contribution in [0.3, 0.4) is 0 Å². The van der Waals surface area contributed by atoms with Gasteiger partial charge in [0, 0.05) is 12.1 Å². The van der Waals surface area contributed by atoms with Gasteiger partial charge in [-0.25, -0.2) is 4.79 Å². The molecule has 0 saturated heterocycles. The lowest BCUT2D eigenvalue weighted by Crippen LogP contribution is -2.15.